The van der Waals surface area contributed by atoms with Crippen LogP contribution in [0.3, 0.4) is 0 Å². The van der Waals surface area contributed by atoms with E-state index >= 15 is 0 Å². The van der Waals surface area contributed by atoms with E-state index in [9.17, 15) is 4.79 Å². The number of methoxy groups -OCH3 is 1. The second-order valence-electron chi connectivity index (χ2n) is 4.47. The fraction of sp³-hybridized carbons (Fsp3) is 0.800. The van der Waals surface area contributed by atoms with E-state index in [1.807, 2.05) is 0 Å². The summed E-state index contributed by atoms with van der Waals surface area (Å²) in [6.07, 6.45) is 1.86. The van der Waals surface area contributed by atoms with Crippen LogP contribution in [0.4, 0.5) is 4.79 Å². The molecule has 1 spiro atoms. The summed E-state index contributed by atoms with van der Waals surface area (Å²) in [6, 6.07) is -0.212. The molecule has 0 unspecified atom stereocenters. The Balaban J connectivity index is 2.12. The van der Waals surface area contributed by atoms with Crippen molar-refractivity contribution in [3.8, 4) is 0 Å². The van der Waals surface area contributed by atoms with E-state index in [2.05, 4.69) is 11.9 Å². The molecule has 0 aromatic heterocycles. The van der Waals surface area contributed by atoms with E-state index in [1.54, 1.807) is 12.0 Å². The van der Waals surface area contributed by atoms with E-state index in [-0.39, 0.29) is 11.6 Å². The molecule has 1 fully saturated rings. The van der Waals surface area contributed by atoms with Crippen molar-refractivity contribution in [2.24, 2.45) is 16.6 Å². The third-order valence-corrected chi connectivity index (χ3v) is 3.33. The first kappa shape index (κ1) is 10.4. The molecular weight excluding hydrogens is 194 g/mol. The quantitative estimate of drug-likeness (QED) is 0.743. The molecule has 0 bridgehead atoms. The van der Waals surface area contributed by atoms with Gasteiger partial charge in [-0.25, -0.2) is 4.79 Å². The van der Waals surface area contributed by atoms with Crippen molar-refractivity contribution >= 4 is 11.9 Å². The van der Waals surface area contributed by atoms with Gasteiger partial charge in [0.1, 0.15) is 11.4 Å². The van der Waals surface area contributed by atoms with Gasteiger partial charge in [0.25, 0.3) is 0 Å². The van der Waals surface area contributed by atoms with Gasteiger partial charge >= 0.3 is 6.03 Å². The molecule has 0 atom stereocenters. The first-order chi connectivity index (χ1) is 7.10. The normalized spacial score (nSPS) is 34.5. The van der Waals surface area contributed by atoms with Crippen LogP contribution in [0, 0.1) is 5.92 Å². The van der Waals surface area contributed by atoms with Crippen LogP contribution in [0.25, 0.3) is 0 Å². The first-order valence-electron chi connectivity index (χ1n) is 5.25. The van der Waals surface area contributed by atoms with E-state index in [0.717, 1.165) is 12.8 Å². The molecule has 84 valence electrons. The lowest BCUT2D eigenvalue weighted by molar-refractivity contribution is 0.0561. The van der Waals surface area contributed by atoms with Gasteiger partial charge < -0.3 is 15.4 Å². The number of hydrogen-bond donors (Lipinski definition) is 1. The summed E-state index contributed by atoms with van der Waals surface area (Å²) in [6.45, 7) is 3.27. The van der Waals surface area contributed by atoms with Gasteiger partial charge in [-0.2, -0.15) is 4.99 Å². The molecular formula is C10H17N3O2. The van der Waals surface area contributed by atoms with Gasteiger partial charge in [-0.3, -0.25) is 0 Å². The highest BCUT2D eigenvalue weighted by Crippen LogP contribution is 2.45. The Kier molecular flexibility index (Phi) is 2.42. The SMILES string of the molecule is COCCN1C(=O)N=C(N)C12CC(C)C2. The molecule has 1 aliphatic carbocycles. The lowest BCUT2D eigenvalue weighted by atomic mass is 9.68. The fourth-order valence-corrected chi connectivity index (χ4v) is 2.60. The predicted octanol–water partition coefficient (Wildman–Crippen LogP) is 0.594. The number of ether oxygens (including phenoxy) is 1. The number of nitrogens with two attached hydrogens (primary N) is 1. The smallest absolute Gasteiger partial charge is 0.346 e. The monoisotopic (exact) mass is 211 g/mol. The third kappa shape index (κ3) is 1.42. The summed E-state index contributed by atoms with van der Waals surface area (Å²) in [5.74, 6) is 1.11. The van der Waals surface area contributed by atoms with Gasteiger partial charge in [0.05, 0.1) is 6.61 Å². The molecule has 2 N–H and O–H groups in total. The maximum absolute atomic E-state index is 11.6. The standard InChI is InChI=1S/C10H17N3O2/c1-7-5-10(6-7)8(11)12-9(14)13(10)3-4-15-2/h7H,3-6H2,1-2H3,(H2,11,12,14). The highest BCUT2D eigenvalue weighted by Gasteiger charge is 2.55. The Hall–Kier alpha value is -1.10. The van der Waals surface area contributed by atoms with E-state index < -0.39 is 0 Å². The van der Waals surface area contributed by atoms with Crippen molar-refractivity contribution in [2.75, 3.05) is 20.3 Å². The summed E-state index contributed by atoms with van der Waals surface area (Å²) in [4.78, 5) is 17.2. The van der Waals surface area contributed by atoms with Gasteiger partial charge in [-0.05, 0) is 18.8 Å². The summed E-state index contributed by atoms with van der Waals surface area (Å²) in [7, 11) is 1.63. The minimum atomic E-state index is -0.283. The fourth-order valence-electron chi connectivity index (χ4n) is 2.60. The molecule has 0 aromatic carbocycles. The zero-order chi connectivity index (χ0) is 11.1. The molecule has 2 aliphatic rings. The second kappa shape index (κ2) is 3.48. The maximum Gasteiger partial charge on any atom is 0.346 e. The predicted molar refractivity (Wildman–Crippen MR) is 56.7 cm³/mol. The van der Waals surface area contributed by atoms with Crippen LogP contribution in [-0.2, 0) is 4.74 Å². The van der Waals surface area contributed by atoms with Crippen molar-refractivity contribution in [3.05, 3.63) is 0 Å². The third-order valence-electron chi connectivity index (χ3n) is 3.33. The Morgan fingerprint density at radius 2 is 2.33 bits per heavy atom. The number of urea groups is 1. The van der Waals surface area contributed by atoms with Gasteiger partial charge in [0.15, 0.2) is 0 Å². The molecule has 1 saturated carbocycles. The van der Waals surface area contributed by atoms with Gasteiger partial charge in [0.2, 0.25) is 0 Å². The van der Waals surface area contributed by atoms with Crippen molar-refractivity contribution in [1.29, 1.82) is 0 Å². The largest absolute Gasteiger partial charge is 0.385 e. The van der Waals surface area contributed by atoms with Crippen LogP contribution < -0.4 is 5.73 Å². The summed E-state index contributed by atoms with van der Waals surface area (Å²) >= 11 is 0. The zero-order valence-corrected chi connectivity index (χ0v) is 9.19. The Morgan fingerprint density at radius 1 is 1.67 bits per heavy atom. The van der Waals surface area contributed by atoms with Crippen molar-refractivity contribution < 1.29 is 9.53 Å². The van der Waals surface area contributed by atoms with Crippen LogP contribution in [0.15, 0.2) is 4.99 Å². The molecule has 5 nitrogen and oxygen atoms in total. The number of rotatable bonds is 3. The van der Waals surface area contributed by atoms with Crippen LogP contribution >= 0.6 is 0 Å². The molecule has 0 aromatic rings. The average Bonchev–Trinajstić information content (AvgIpc) is 2.36. The number of hydrogen-bond acceptors (Lipinski definition) is 3. The number of amides is 2. The molecule has 2 amide bonds. The van der Waals surface area contributed by atoms with Crippen LogP contribution in [0.2, 0.25) is 0 Å². The van der Waals surface area contributed by atoms with Crippen LogP contribution in [-0.4, -0.2) is 42.6 Å². The molecule has 1 aliphatic heterocycles. The molecule has 5 heteroatoms. The van der Waals surface area contributed by atoms with Gasteiger partial charge in [-0.1, -0.05) is 6.92 Å². The number of carbonyl (C=O) groups is 1. The highest BCUT2D eigenvalue weighted by molar-refractivity contribution is 6.06. The molecule has 2 rings (SSSR count). The van der Waals surface area contributed by atoms with E-state index in [1.165, 1.54) is 0 Å². The summed E-state index contributed by atoms with van der Waals surface area (Å²) in [5.41, 5.74) is 5.55. The van der Waals surface area contributed by atoms with Gasteiger partial charge in [0, 0.05) is 13.7 Å². The Bertz CT molecular complexity index is 308. The molecule has 0 saturated heterocycles. The number of aliphatic imine (C=N–C) groups is 1. The lowest BCUT2D eigenvalue weighted by Gasteiger charge is -2.48. The van der Waals surface area contributed by atoms with Crippen molar-refractivity contribution in [1.82, 2.24) is 4.90 Å². The number of amidine groups is 1. The average molecular weight is 211 g/mol. The van der Waals surface area contributed by atoms with E-state index in [0.29, 0.717) is 24.9 Å². The summed E-state index contributed by atoms with van der Waals surface area (Å²) in [5, 5.41) is 0. The molecule has 1 heterocycles. The number of nitrogens with zero attached hydrogens (tertiary/aromatic N) is 2. The zero-order valence-electron chi connectivity index (χ0n) is 9.19. The Morgan fingerprint density at radius 3 is 2.87 bits per heavy atom. The topological polar surface area (TPSA) is 67.9 Å². The van der Waals surface area contributed by atoms with Crippen LogP contribution in [0.1, 0.15) is 19.8 Å². The minimum absolute atomic E-state index is 0.212. The van der Waals surface area contributed by atoms with Crippen molar-refractivity contribution in [3.63, 3.8) is 0 Å². The van der Waals surface area contributed by atoms with E-state index in [4.69, 9.17) is 10.5 Å². The molecule has 15 heavy (non-hydrogen) atoms. The Labute approximate surface area is 89.3 Å². The highest BCUT2D eigenvalue weighted by atomic mass is 16.5. The minimum Gasteiger partial charge on any atom is -0.385 e. The van der Waals surface area contributed by atoms with Gasteiger partial charge in [-0.15, -0.1) is 0 Å². The maximum atomic E-state index is 11.6. The van der Waals surface area contributed by atoms with Crippen molar-refractivity contribution in [2.45, 2.75) is 25.3 Å². The van der Waals surface area contributed by atoms with Crippen LogP contribution in [0.5, 0.6) is 0 Å². The summed E-state index contributed by atoms with van der Waals surface area (Å²) < 4.78 is 4.99. The second-order valence-corrected chi connectivity index (χ2v) is 4.47. The number of carbonyl (C=O) groups excluding carboxylic acids is 1. The molecule has 0 radical (unpaired) electrons. The lowest BCUT2D eigenvalue weighted by Crippen LogP contribution is -2.62. The first-order valence-corrected chi connectivity index (χ1v) is 5.25.